The van der Waals surface area contributed by atoms with Crippen LogP contribution in [0, 0.1) is 0 Å². The van der Waals surface area contributed by atoms with Crippen molar-refractivity contribution in [3.05, 3.63) is 205 Å². The van der Waals surface area contributed by atoms with Gasteiger partial charge in [0.05, 0.1) is 22.7 Å². The highest BCUT2D eigenvalue weighted by Gasteiger charge is 2.43. The first kappa shape index (κ1) is 32.3. The molecule has 2 aliphatic heterocycles. The van der Waals surface area contributed by atoms with Crippen LogP contribution in [-0.4, -0.2) is 0 Å². The van der Waals surface area contributed by atoms with Crippen molar-refractivity contribution < 1.29 is 4.74 Å². The molecular weight excluding hydrogens is 681 g/mol. The first-order valence-electron chi connectivity index (χ1n) is 19.4. The Labute approximate surface area is 327 Å². The number of nitrogens with zero attached hydrogens (tertiary/aromatic N) is 2. The molecule has 2 aliphatic rings. The van der Waals surface area contributed by atoms with Crippen molar-refractivity contribution in [2.75, 3.05) is 9.80 Å². The van der Waals surface area contributed by atoms with Crippen LogP contribution in [0.1, 0.15) is 25.0 Å². The molecule has 0 fully saturated rings. The second-order valence-corrected chi connectivity index (χ2v) is 15.3. The Hall–Kier alpha value is -7.10. The lowest BCUT2D eigenvalue weighted by molar-refractivity contribution is 0.474. The van der Waals surface area contributed by atoms with Crippen LogP contribution < -0.4 is 14.5 Å². The van der Waals surface area contributed by atoms with Gasteiger partial charge in [-0.05, 0) is 81.1 Å². The molecular formula is C53H38N2O. The van der Waals surface area contributed by atoms with E-state index in [1.54, 1.807) is 0 Å². The molecule has 0 radical (unpaired) electrons. The van der Waals surface area contributed by atoms with Gasteiger partial charge in [0.25, 0.3) is 0 Å². The van der Waals surface area contributed by atoms with Gasteiger partial charge in [0, 0.05) is 33.1 Å². The van der Waals surface area contributed by atoms with Gasteiger partial charge in [0.1, 0.15) is 0 Å². The zero-order chi connectivity index (χ0) is 37.4. The molecule has 56 heavy (non-hydrogen) atoms. The molecule has 0 atom stereocenters. The molecule has 0 spiro atoms. The monoisotopic (exact) mass is 718 g/mol. The highest BCUT2D eigenvalue weighted by molar-refractivity contribution is 6.07. The number of rotatable bonds is 5. The molecule has 9 aromatic rings. The van der Waals surface area contributed by atoms with Gasteiger partial charge in [-0.2, -0.15) is 0 Å². The van der Waals surface area contributed by atoms with E-state index in [2.05, 4.69) is 218 Å². The van der Waals surface area contributed by atoms with Gasteiger partial charge in [-0.15, -0.1) is 0 Å². The minimum Gasteiger partial charge on any atom is -0.452 e. The van der Waals surface area contributed by atoms with E-state index in [0.717, 1.165) is 51.1 Å². The van der Waals surface area contributed by atoms with Crippen molar-refractivity contribution in [1.82, 2.24) is 0 Å². The van der Waals surface area contributed by atoms with E-state index in [-0.39, 0.29) is 5.41 Å². The molecule has 0 saturated heterocycles. The Morgan fingerprint density at radius 3 is 1.96 bits per heavy atom. The van der Waals surface area contributed by atoms with Crippen LogP contribution in [-0.2, 0) is 5.41 Å². The molecule has 0 unspecified atom stereocenters. The van der Waals surface area contributed by atoms with Crippen LogP contribution in [0.15, 0.2) is 194 Å². The van der Waals surface area contributed by atoms with Crippen molar-refractivity contribution in [3.63, 3.8) is 0 Å². The third-order valence-corrected chi connectivity index (χ3v) is 11.8. The number of fused-ring (bicyclic) bond motifs is 7. The molecule has 266 valence electrons. The normalized spacial score (nSPS) is 13.4. The van der Waals surface area contributed by atoms with Crippen LogP contribution in [0.3, 0.4) is 0 Å². The number of hydrogen-bond donors (Lipinski definition) is 0. The minimum absolute atomic E-state index is 0.236. The summed E-state index contributed by atoms with van der Waals surface area (Å²) >= 11 is 0. The van der Waals surface area contributed by atoms with E-state index in [4.69, 9.17) is 4.74 Å². The van der Waals surface area contributed by atoms with Crippen LogP contribution in [0.4, 0.5) is 34.1 Å². The maximum Gasteiger partial charge on any atom is 0.159 e. The van der Waals surface area contributed by atoms with Gasteiger partial charge in [0.15, 0.2) is 11.5 Å². The van der Waals surface area contributed by atoms with Crippen molar-refractivity contribution in [1.29, 1.82) is 0 Å². The Bertz CT molecular complexity index is 2980. The molecule has 9 aromatic carbocycles. The molecule has 0 aromatic heterocycles. The topological polar surface area (TPSA) is 15.7 Å². The lowest BCUT2D eigenvalue weighted by Crippen LogP contribution is -2.32. The first-order valence-corrected chi connectivity index (χ1v) is 19.4. The van der Waals surface area contributed by atoms with Crippen molar-refractivity contribution in [2.45, 2.75) is 19.3 Å². The van der Waals surface area contributed by atoms with Crippen LogP contribution >= 0.6 is 0 Å². The fraction of sp³-hybridized carbons (Fsp3) is 0.0566. The second kappa shape index (κ2) is 12.5. The van der Waals surface area contributed by atoms with Crippen molar-refractivity contribution >= 4 is 55.7 Å². The molecule has 0 amide bonds. The Kier molecular flexibility index (Phi) is 7.20. The summed E-state index contributed by atoms with van der Waals surface area (Å²) in [5, 5.41) is 4.76. The number of benzene rings is 9. The average Bonchev–Trinajstić information content (AvgIpc) is 3.25. The van der Waals surface area contributed by atoms with E-state index in [9.17, 15) is 0 Å². The summed E-state index contributed by atoms with van der Waals surface area (Å²) < 4.78 is 7.15. The predicted octanol–water partition coefficient (Wildman–Crippen LogP) is 15.0. The molecule has 0 bridgehead atoms. The Morgan fingerprint density at radius 1 is 0.464 bits per heavy atom. The molecule has 11 rings (SSSR count). The third kappa shape index (κ3) is 4.91. The molecule has 3 nitrogen and oxygen atoms in total. The lowest BCUT2D eigenvalue weighted by Gasteiger charge is -2.45. The standard InChI is InChI=1S/C53H38N2O/c1-53(2)45-23-10-11-24-48(45)55-50-43-22-9-7-17-38(43)28-33-49(50)56-52-44(31-32-46(53)51(52)55)39-19-12-20-41(34-39)54(47-25-13-18-37-16-6-8-21-42(37)47)40-29-26-36(27-30-40)35-14-4-3-5-15-35/h3-34H,1-2H3. The van der Waals surface area contributed by atoms with Gasteiger partial charge >= 0.3 is 0 Å². The van der Waals surface area contributed by atoms with E-state index < -0.39 is 0 Å². The summed E-state index contributed by atoms with van der Waals surface area (Å²) in [7, 11) is 0. The lowest BCUT2D eigenvalue weighted by atomic mass is 9.72. The van der Waals surface area contributed by atoms with E-state index >= 15 is 0 Å². The first-order chi connectivity index (χ1) is 27.5. The van der Waals surface area contributed by atoms with Gasteiger partial charge in [-0.3, -0.25) is 0 Å². The zero-order valence-electron chi connectivity index (χ0n) is 31.3. The highest BCUT2D eigenvalue weighted by atomic mass is 16.5. The largest absolute Gasteiger partial charge is 0.452 e. The van der Waals surface area contributed by atoms with E-state index in [1.165, 1.54) is 49.5 Å². The Balaban J connectivity index is 1.11. The summed E-state index contributed by atoms with van der Waals surface area (Å²) in [5.41, 5.74) is 13.5. The maximum atomic E-state index is 7.15. The fourth-order valence-corrected chi connectivity index (χ4v) is 9.06. The number of para-hydroxylation sites is 1. The van der Waals surface area contributed by atoms with Gasteiger partial charge < -0.3 is 14.5 Å². The SMILES string of the molecule is CC1(C)c2ccccc2N2c3c1ccc(-c1cccc(N(c4ccc(-c5ccccc5)cc4)c4cccc5ccccc45)c1)c3Oc1ccc3ccccc3c12. The number of hydrogen-bond acceptors (Lipinski definition) is 3. The summed E-state index contributed by atoms with van der Waals surface area (Å²) in [5.74, 6) is 1.74. The van der Waals surface area contributed by atoms with Gasteiger partial charge in [-0.25, -0.2) is 0 Å². The molecule has 3 heteroatoms. The molecule has 2 heterocycles. The second-order valence-electron chi connectivity index (χ2n) is 15.3. The van der Waals surface area contributed by atoms with Crippen LogP contribution in [0.2, 0.25) is 0 Å². The summed E-state index contributed by atoms with van der Waals surface area (Å²) in [6.07, 6.45) is 0. The Morgan fingerprint density at radius 2 is 1.12 bits per heavy atom. The minimum atomic E-state index is -0.236. The summed E-state index contributed by atoms with van der Waals surface area (Å²) in [6, 6.07) is 70.0. The smallest absolute Gasteiger partial charge is 0.159 e. The van der Waals surface area contributed by atoms with E-state index in [1.807, 2.05) is 0 Å². The number of ether oxygens (including phenoxy) is 1. The average molecular weight is 719 g/mol. The van der Waals surface area contributed by atoms with Gasteiger partial charge in [0.2, 0.25) is 0 Å². The van der Waals surface area contributed by atoms with Crippen molar-refractivity contribution in [2.24, 2.45) is 0 Å². The third-order valence-electron chi connectivity index (χ3n) is 11.8. The molecule has 0 N–H and O–H groups in total. The molecule has 0 saturated carbocycles. The van der Waals surface area contributed by atoms with Crippen molar-refractivity contribution in [3.8, 4) is 33.8 Å². The fourth-order valence-electron chi connectivity index (χ4n) is 9.06. The summed E-state index contributed by atoms with van der Waals surface area (Å²) in [6.45, 7) is 4.67. The summed E-state index contributed by atoms with van der Waals surface area (Å²) in [4.78, 5) is 4.86. The highest BCUT2D eigenvalue weighted by Crippen LogP contribution is 2.63. The van der Waals surface area contributed by atoms with Gasteiger partial charge in [-0.1, -0.05) is 166 Å². The van der Waals surface area contributed by atoms with E-state index in [0.29, 0.717) is 0 Å². The molecule has 0 aliphatic carbocycles. The number of anilines is 6. The van der Waals surface area contributed by atoms with Crippen LogP contribution in [0.5, 0.6) is 11.5 Å². The quantitative estimate of drug-likeness (QED) is 0.176. The van der Waals surface area contributed by atoms with Crippen LogP contribution in [0.25, 0.3) is 43.8 Å². The zero-order valence-corrected chi connectivity index (χ0v) is 31.3. The maximum absolute atomic E-state index is 7.15. The predicted molar refractivity (Wildman–Crippen MR) is 234 cm³/mol.